The third-order valence-corrected chi connectivity index (χ3v) is 3.80. The number of hydrogen-bond acceptors (Lipinski definition) is 2. The molecular weight excluding hydrogens is 266 g/mol. The molecule has 0 rings (SSSR count). The SMILES string of the molecule is CCCCCCCCCCCCO[N+](C)(C)CCC(=O)O. The van der Waals surface area contributed by atoms with Crippen molar-refractivity contribution in [2.24, 2.45) is 0 Å². The van der Waals surface area contributed by atoms with E-state index in [0.717, 1.165) is 13.0 Å². The summed E-state index contributed by atoms with van der Waals surface area (Å²) in [6.45, 7) is 3.50. The van der Waals surface area contributed by atoms with Crippen LogP contribution in [0, 0.1) is 0 Å². The highest BCUT2D eigenvalue weighted by molar-refractivity contribution is 5.66. The van der Waals surface area contributed by atoms with Crippen molar-refractivity contribution in [2.75, 3.05) is 27.2 Å². The maximum Gasteiger partial charge on any atom is 0.309 e. The molecule has 0 bridgehead atoms. The molecule has 0 aliphatic heterocycles. The van der Waals surface area contributed by atoms with E-state index in [2.05, 4.69) is 6.92 Å². The van der Waals surface area contributed by atoms with E-state index >= 15 is 0 Å². The second-order valence-electron chi connectivity index (χ2n) is 6.46. The lowest BCUT2D eigenvalue weighted by molar-refractivity contribution is -1.08. The average Bonchev–Trinajstić information content (AvgIpc) is 2.43. The molecule has 0 fully saturated rings. The lowest BCUT2D eigenvalue weighted by Gasteiger charge is -2.26. The van der Waals surface area contributed by atoms with Gasteiger partial charge in [0.25, 0.3) is 0 Å². The van der Waals surface area contributed by atoms with E-state index in [1.54, 1.807) is 0 Å². The maximum atomic E-state index is 10.5. The van der Waals surface area contributed by atoms with E-state index in [9.17, 15) is 4.79 Å². The van der Waals surface area contributed by atoms with E-state index in [-0.39, 0.29) is 6.42 Å². The zero-order valence-corrected chi connectivity index (χ0v) is 14.4. The van der Waals surface area contributed by atoms with Gasteiger partial charge >= 0.3 is 5.97 Å². The summed E-state index contributed by atoms with van der Waals surface area (Å²) in [5, 5.41) is 8.67. The molecule has 1 N–H and O–H groups in total. The first kappa shape index (κ1) is 20.4. The molecule has 0 saturated carbocycles. The van der Waals surface area contributed by atoms with Crippen molar-refractivity contribution in [2.45, 2.75) is 77.6 Å². The van der Waals surface area contributed by atoms with Crippen LogP contribution >= 0.6 is 0 Å². The third-order valence-electron chi connectivity index (χ3n) is 3.80. The fraction of sp³-hybridized carbons (Fsp3) is 0.941. The van der Waals surface area contributed by atoms with Crippen molar-refractivity contribution in [1.29, 1.82) is 0 Å². The molecule has 0 amide bonds. The fourth-order valence-electron chi connectivity index (χ4n) is 2.33. The van der Waals surface area contributed by atoms with Gasteiger partial charge in [0.15, 0.2) is 0 Å². The molecule has 0 aliphatic rings. The van der Waals surface area contributed by atoms with Crippen molar-refractivity contribution in [3.05, 3.63) is 0 Å². The van der Waals surface area contributed by atoms with Gasteiger partial charge in [0.1, 0.15) is 13.2 Å². The molecule has 4 heteroatoms. The molecule has 0 aromatic heterocycles. The smallest absolute Gasteiger partial charge is 0.309 e. The Morgan fingerprint density at radius 1 is 0.905 bits per heavy atom. The van der Waals surface area contributed by atoms with Crippen LogP contribution in [0.5, 0.6) is 0 Å². The maximum absolute atomic E-state index is 10.5. The van der Waals surface area contributed by atoms with Crippen molar-refractivity contribution in [3.8, 4) is 0 Å². The second-order valence-corrected chi connectivity index (χ2v) is 6.46. The van der Waals surface area contributed by atoms with Gasteiger partial charge in [-0.05, 0) is 6.42 Å². The third kappa shape index (κ3) is 15.6. The molecule has 0 aliphatic carbocycles. The highest BCUT2D eigenvalue weighted by atomic mass is 16.7. The van der Waals surface area contributed by atoms with Crippen LogP contribution in [0.1, 0.15) is 77.6 Å². The Morgan fingerprint density at radius 2 is 1.38 bits per heavy atom. The van der Waals surface area contributed by atoms with Gasteiger partial charge in [-0.1, -0.05) is 64.7 Å². The molecule has 21 heavy (non-hydrogen) atoms. The Labute approximate surface area is 131 Å². The van der Waals surface area contributed by atoms with E-state index in [1.165, 1.54) is 57.8 Å². The fourth-order valence-corrected chi connectivity index (χ4v) is 2.33. The second kappa shape index (κ2) is 13.1. The van der Waals surface area contributed by atoms with Crippen LogP contribution in [-0.2, 0) is 9.63 Å². The van der Waals surface area contributed by atoms with Crippen LogP contribution in [0.3, 0.4) is 0 Å². The Morgan fingerprint density at radius 3 is 1.86 bits per heavy atom. The normalized spacial score (nSPS) is 11.8. The molecule has 0 aromatic carbocycles. The lowest BCUT2D eigenvalue weighted by atomic mass is 10.1. The summed E-state index contributed by atoms with van der Waals surface area (Å²) >= 11 is 0. The number of quaternary nitrogens is 1. The topological polar surface area (TPSA) is 46.5 Å². The molecule has 0 aromatic rings. The number of carboxylic acids is 1. The Balaban J connectivity index is 3.29. The van der Waals surface area contributed by atoms with Gasteiger partial charge in [-0.2, -0.15) is 4.65 Å². The monoisotopic (exact) mass is 302 g/mol. The number of carbonyl (C=O) groups is 1. The van der Waals surface area contributed by atoms with Gasteiger partial charge in [0, 0.05) is 0 Å². The first-order valence-electron chi connectivity index (χ1n) is 8.67. The molecular formula is C17H36NO3+. The van der Waals surface area contributed by atoms with Gasteiger partial charge in [-0.15, -0.1) is 0 Å². The molecule has 0 heterocycles. The van der Waals surface area contributed by atoms with Crippen LogP contribution in [0.25, 0.3) is 0 Å². The standard InChI is InChI=1S/C17H35NO3/c1-4-5-6-7-8-9-10-11-12-13-16-21-18(2,3)15-14-17(19)20/h4-16H2,1-3H3/p+1. The van der Waals surface area contributed by atoms with E-state index in [1.807, 2.05) is 14.1 Å². The van der Waals surface area contributed by atoms with Gasteiger partial charge in [0.05, 0.1) is 20.5 Å². The quantitative estimate of drug-likeness (QED) is 0.277. The van der Waals surface area contributed by atoms with Crippen molar-refractivity contribution in [1.82, 2.24) is 0 Å². The highest BCUT2D eigenvalue weighted by Gasteiger charge is 2.18. The first-order chi connectivity index (χ1) is 9.98. The summed E-state index contributed by atoms with van der Waals surface area (Å²) in [6.07, 6.45) is 13.3. The summed E-state index contributed by atoms with van der Waals surface area (Å²) in [5.74, 6) is -0.760. The molecule has 0 radical (unpaired) electrons. The largest absolute Gasteiger partial charge is 0.481 e. The Hall–Kier alpha value is -0.610. The number of aliphatic carboxylic acids is 1. The average molecular weight is 302 g/mol. The van der Waals surface area contributed by atoms with Gasteiger partial charge < -0.3 is 5.11 Å². The summed E-state index contributed by atoms with van der Waals surface area (Å²) < 4.78 is 0.337. The van der Waals surface area contributed by atoms with Crippen molar-refractivity contribution < 1.29 is 19.4 Å². The van der Waals surface area contributed by atoms with E-state index in [0.29, 0.717) is 11.2 Å². The van der Waals surface area contributed by atoms with Crippen LogP contribution < -0.4 is 0 Å². The predicted octanol–water partition coefficient (Wildman–Crippen LogP) is 4.39. The lowest BCUT2D eigenvalue weighted by Crippen LogP contribution is -2.41. The molecule has 0 atom stereocenters. The zero-order chi connectivity index (χ0) is 16.0. The molecule has 126 valence electrons. The van der Waals surface area contributed by atoms with Gasteiger partial charge in [-0.3, -0.25) is 4.79 Å². The summed E-state index contributed by atoms with van der Waals surface area (Å²) in [4.78, 5) is 16.3. The number of unbranched alkanes of at least 4 members (excludes halogenated alkanes) is 9. The van der Waals surface area contributed by atoms with Crippen LogP contribution in [0.15, 0.2) is 0 Å². The Kier molecular flexibility index (Phi) is 12.7. The van der Waals surface area contributed by atoms with Crippen LogP contribution in [-0.4, -0.2) is 43.0 Å². The van der Waals surface area contributed by atoms with Gasteiger partial charge in [0.2, 0.25) is 0 Å². The molecule has 4 nitrogen and oxygen atoms in total. The molecule has 0 saturated heterocycles. The van der Waals surface area contributed by atoms with Crippen molar-refractivity contribution >= 4 is 5.97 Å². The van der Waals surface area contributed by atoms with E-state index < -0.39 is 5.97 Å². The number of hydrogen-bond donors (Lipinski definition) is 1. The first-order valence-corrected chi connectivity index (χ1v) is 8.67. The van der Waals surface area contributed by atoms with Gasteiger partial charge in [-0.25, -0.2) is 4.84 Å². The number of rotatable bonds is 15. The minimum atomic E-state index is -0.760. The summed E-state index contributed by atoms with van der Waals surface area (Å²) in [5.41, 5.74) is 0. The highest BCUT2D eigenvalue weighted by Crippen LogP contribution is 2.11. The van der Waals surface area contributed by atoms with Crippen LogP contribution in [0.2, 0.25) is 0 Å². The van der Waals surface area contributed by atoms with Crippen molar-refractivity contribution in [3.63, 3.8) is 0 Å². The zero-order valence-electron chi connectivity index (χ0n) is 14.4. The summed E-state index contributed by atoms with van der Waals surface area (Å²) in [6, 6.07) is 0. The van der Waals surface area contributed by atoms with Crippen LogP contribution in [0.4, 0.5) is 0 Å². The molecule has 0 spiro atoms. The summed E-state index contributed by atoms with van der Waals surface area (Å²) in [7, 11) is 3.83. The van der Waals surface area contributed by atoms with E-state index in [4.69, 9.17) is 9.94 Å². The number of nitrogens with zero attached hydrogens (tertiary/aromatic N) is 1. The Bertz CT molecular complexity index is 254. The number of carboxylic acid groups (broad SMARTS) is 1. The number of hydroxylamine groups is 3. The minimum absolute atomic E-state index is 0.158. The minimum Gasteiger partial charge on any atom is -0.481 e. The predicted molar refractivity (Wildman–Crippen MR) is 87.0 cm³/mol. The molecule has 0 unspecified atom stereocenters.